The van der Waals surface area contributed by atoms with Crippen molar-refractivity contribution in [2.24, 2.45) is 10.8 Å². The van der Waals surface area contributed by atoms with Crippen molar-refractivity contribution >= 4 is 5.96 Å². The second kappa shape index (κ2) is 5.07. The maximum Gasteiger partial charge on any atom is 0.208 e. The number of hydrogen-bond acceptors (Lipinski definition) is 2. The number of nitrogens with two attached hydrogens (primary N) is 1. The lowest BCUT2D eigenvalue weighted by Crippen LogP contribution is -2.45. The molecule has 0 aromatic carbocycles. The van der Waals surface area contributed by atoms with E-state index in [1.807, 2.05) is 0 Å². The van der Waals surface area contributed by atoms with Crippen LogP contribution in [0.5, 0.6) is 0 Å². The van der Waals surface area contributed by atoms with Gasteiger partial charge in [0.25, 0.3) is 0 Å². The van der Waals surface area contributed by atoms with Gasteiger partial charge in [0.05, 0.1) is 6.04 Å². The lowest BCUT2D eigenvalue weighted by molar-refractivity contribution is 0.421. The molecule has 1 aliphatic rings. The molecule has 0 radical (unpaired) electrons. The van der Waals surface area contributed by atoms with Gasteiger partial charge in [0.2, 0.25) is 5.96 Å². The molecular weight excluding hydrogens is 164 g/mol. The number of hydrogen-bond donors (Lipinski definition) is 2. The van der Waals surface area contributed by atoms with E-state index in [0.29, 0.717) is 6.04 Å². The molecule has 0 bridgehead atoms. The summed E-state index contributed by atoms with van der Waals surface area (Å²) in [6, 6.07) is 0.525. The van der Waals surface area contributed by atoms with Crippen LogP contribution in [-0.4, -0.2) is 30.0 Å². The largest absolute Gasteiger partial charge is 0.342 e. The van der Waals surface area contributed by atoms with E-state index in [9.17, 15) is 0 Å². The predicted molar refractivity (Wildman–Crippen MR) is 55.3 cm³/mol. The third-order valence-electron chi connectivity index (χ3n) is 2.16. The fourth-order valence-electron chi connectivity index (χ4n) is 1.27. The summed E-state index contributed by atoms with van der Waals surface area (Å²) < 4.78 is 0. The van der Waals surface area contributed by atoms with Crippen LogP contribution in [0.25, 0.3) is 0 Å². The van der Waals surface area contributed by atoms with Crippen molar-refractivity contribution in [3.8, 4) is 0 Å². The number of rotatable bonds is 4. The Balaban J connectivity index is 2.49. The first-order chi connectivity index (χ1) is 6.31. The van der Waals surface area contributed by atoms with Gasteiger partial charge in [-0.15, -0.1) is 0 Å². The quantitative estimate of drug-likeness (QED) is 0.293. The van der Waals surface area contributed by atoms with E-state index >= 15 is 0 Å². The summed E-state index contributed by atoms with van der Waals surface area (Å²) >= 11 is 0. The molecule has 1 fully saturated rings. The van der Waals surface area contributed by atoms with Gasteiger partial charge in [-0.1, -0.05) is 6.92 Å². The van der Waals surface area contributed by atoms with Crippen molar-refractivity contribution in [3.63, 3.8) is 0 Å². The van der Waals surface area contributed by atoms with Crippen molar-refractivity contribution in [1.29, 1.82) is 0 Å². The van der Waals surface area contributed by atoms with Gasteiger partial charge in [-0.25, -0.2) is 10.8 Å². The van der Waals surface area contributed by atoms with Crippen molar-refractivity contribution in [2.45, 2.75) is 39.2 Å². The lowest BCUT2D eigenvalue weighted by atomic mass is 10.4. The zero-order valence-electron chi connectivity index (χ0n) is 8.58. The summed E-state index contributed by atoms with van der Waals surface area (Å²) in [5.41, 5.74) is 2.69. The molecular formula is C9H20N4. The zero-order valence-corrected chi connectivity index (χ0v) is 8.58. The SMILES string of the molecule is CCCN(CC)C(=NC1CC1)NN. The average Bonchev–Trinajstić information content (AvgIpc) is 2.94. The zero-order chi connectivity index (χ0) is 9.68. The Bertz CT molecular complexity index is 174. The highest BCUT2D eigenvalue weighted by molar-refractivity contribution is 5.79. The monoisotopic (exact) mass is 184 g/mol. The summed E-state index contributed by atoms with van der Waals surface area (Å²) in [5, 5.41) is 0. The molecule has 3 N–H and O–H groups in total. The van der Waals surface area contributed by atoms with E-state index < -0.39 is 0 Å². The van der Waals surface area contributed by atoms with Crippen LogP contribution in [0.15, 0.2) is 4.99 Å². The Morgan fingerprint density at radius 1 is 1.54 bits per heavy atom. The minimum atomic E-state index is 0.525. The molecule has 0 aromatic rings. The third kappa shape index (κ3) is 3.22. The first-order valence-corrected chi connectivity index (χ1v) is 5.11. The molecule has 4 heteroatoms. The van der Waals surface area contributed by atoms with E-state index in [2.05, 4.69) is 29.2 Å². The molecule has 0 amide bonds. The van der Waals surface area contributed by atoms with Crippen molar-refractivity contribution in [1.82, 2.24) is 10.3 Å². The fraction of sp³-hybridized carbons (Fsp3) is 0.889. The maximum absolute atomic E-state index is 5.43. The number of nitrogens with zero attached hydrogens (tertiary/aromatic N) is 2. The Morgan fingerprint density at radius 3 is 2.62 bits per heavy atom. The molecule has 0 saturated heterocycles. The van der Waals surface area contributed by atoms with E-state index in [-0.39, 0.29) is 0 Å². The minimum Gasteiger partial charge on any atom is -0.342 e. The third-order valence-corrected chi connectivity index (χ3v) is 2.16. The number of nitrogens with one attached hydrogen (secondary N) is 1. The van der Waals surface area contributed by atoms with Crippen molar-refractivity contribution in [2.75, 3.05) is 13.1 Å². The van der Waals surface area contributed by atoms with Crippen LogP contribution in [0.2, 0.25) is 0 Å². The Morgan fingerprint density at radius 2 is 2.23 bits per heavy atom. The van der Waals surface area contributed by atoms with Gasteiger partial charge in [-0.2, -0.15) is 0 Å². The molecule has 1 rings (SSSR count). The highest BCUT2D eigenvalue weighted by atomic mass is 15.4. The van der Waals surface area contributed by atoms with Gasteiger partial charge in [-0.05, 0) is 26.2 Å². The van der Waals surface area contributed by atoms with Crippen molar-refractivity contribution in [3.05, 3.63) is 0 Å². The molecule has 0 atom stereocenters. The smallest absolute Gasteiger partial charge is 0.208 e. The fourth-order valence-corrected chi connectivity index (χ4v) is 1.27. The lowest BCUT2D eigenvalue weighted by Gasteiger charge is -2.23. The molecule has 1 saturated carbocycles. The Kier molecular flexibility index (Phi) is 4.02. The van der Waals surface area contributed by atoms with E-state index in [4.69, 9.17) is 5.84 Å². The Labute approximate surface area is 80.2 Å². The van der Waals surface area contributed by atoms with Gasteiger partial charge in [0.1, 0.15) is 0 Å². The molecule has 4 nitrogen and oxygen atoms in total. The predicted octanol–water partition coefficient (Wildman–Crippen LogP) is 0.700. The summed E-state index contributed by atoms with van der Waals surface area (Å²) in [6.45, 7) is 6.26. The van der Waals surface area contributed by atoms with Gasteiger partial charge in [0.15, 0.2) is 0 Å². The molecule has 13 heavy (non-hydrogen) atoms. The minimum absolute atomic E-state index is 0.525. The van der Waals surface area contributed by atoms with Gasteiger partial charge in [0, 0.05) is 13.1 Å². The highest BCUT2D eigenvalue weighted by Gasteiger charge is 2.22. The standard InChI is InChI=1S/C9H20N4/c1-3-7-13(4-2)9(12-10)11-8-5-6-8/h8H,3-7,10H2,1-2H3,(H,11,12). The van der Waals surface area contributed by atoms with Gasteiger partial charge >= 0.3 is 0 Å². The number of hydrazine groups is 1. The summed E-state index contributed by atoms with van der Waals surface area (Å²) in [6.07, 6.45) is 3.56. The topological polar surface area (TPSA) is 53.6 Å². The first kappa shape index (κ1) is 10.3. The van der Waals surface area contributed by atoms with Gasteiger partial charge in [-0.3, -0.25) is 5.43 Å². The molecule has 0 heterocycles. The first-order valence-electron chi connectivity index (χ1n) is 5.11. The van der Waals surface area contributed by atoms with Crippen LogP contribution in [0.3, 0.4) is 0 Å². The molecule has 0 aliphatic heterocycles. The second-order valence-corrected chi connectivity index (χ2v) is 3.41. The maximum atomic E-state index is 5.43. The summed E-state index contributed by atoms with van der Waals surface area (Å²) in [5.74, 6) is 6.29. The van der Waals surface area contributed by atoms with Crippen LogP contribution in [0.4, 0.5) is 0 Å². The molecule has 0 spiro atoms. The average molecular weight is 184 g/mol. The molecule has 1 aliphatic carbocycles. The van der Waals surface area contributed by atoms with Crippen molar-refractivity contribution < 1.29 is 0 Å². The number of guanidine groups is 1. The normalized spacial score (nSPS) is 17.3. The summed E-state index contributed by atoms with van der Waals surface area (Å²) in [7, 11) is 0. The second-order valence-electron chi connectivity index (χ2n) is 3.41. The molecule has 0 unspecified atom stereocenters. The van der Waals surface area contributed by atoms with Crippen LogP contribution in [-0.2, 0) is 0 Å². The molecule has 76 valence electrons. The number of aliphatic imine (C=N–C) groups is 1. The van der Waals surface area contributed by atoms with E-state index in [1.54, 1.807) is 0 Å². The van der Waals surface area contributed by atoms with E-state index in [1.165, 1.54) is 12.8 Å². The van der Waals surface area contributed by atoms with Crippen LogP contribution in [0.1, 0.15) is 33.1 Å². The van der Waals surface area contributed by atoms with Crippen LogP contribution in [0, 0.1) is 0 Å². The van der Waals surface area contributed by atoms with Crippen LogP contribution >= 0.6 is 0 Å². The van der Waals surface area contributed by atoms with Crippen LogP contribution < -0.4 is 11.3 Å². The molecule has 0 aromatic heterocycles. The highest BCUT2D eigenvalue weighted by Crippen LogP contribution is 2.23. The van der Waals surface area contributed by atoms with Gasteiger partial charge < -0.3 is 4.90 Å². The summed E-state index contributed by atoms with van der Waals surface area (Å²) in [4.78, 5) is 6.68. The van der Waals surface area contributed by atoms with E-state index in [0.717, 1.165) is 25.5 Å². The Hall–Kier alpha value is -0.770.